The van der Waals surface area contributed by atoms with Gasteiger partial charge < -0.3 is 10.6 Å². The van der Waals surface area contributed by atoms with Gasteiger partial charge in [-0.05, 0) is 24.6 Å². The van der Waals surface area contributed by atoms with Gasteiger partial charge >= 0.3 is 0 Å². The van der Waals surface area contributed by atoms with Gasteiger partial charge in [-0.3, -0.25) is 4.79 Å². The van der Waals surface area contributed by atoms with E-state index in [0.717, 1.165) is 15.7 Å². The van der Waals surface area contributed by atoms with Gasteiger partial charge in [-0.2, -0.15) is 0 Å². The van der Waals surface area contributed by atoms with Crippen LogP contribution < -0.4 is 10.6 Å². The van der Waals surface area contributed by atoms with Crippen LogP contribution in [0.4, 0.5) is 5.69 Å². The smallest absolute Gasteiger partial charge is 0.239 e. The number of carbonyl (C=O) groups excluding carboxylic acids is 1. The molecular formula is C10H13BrN2O. The van der Waals surface area contributed by atoms with E-state index in [9.17, 15) is 4.79 Å². The molecule has 0 saturated carbocycles. The lowest BCUT2D eigenvalue weighted by Gasteiger charge is -2.09. The molecule has 0 fully saturated rings. The van der Waals surface area contributed by atoms with Gasteiger partial charge in [-0.25, -0.2) is 0 Å². The van der Waals surface area contributed by atoms with E-state index < -0.39 is 0 Å². The van der Waals surface area contributed by atoms with Gasteiger partial charge in [0.25, 0.3) is 0 Å². The van der Waals surface area contributed by atoms with Crippen LogP contribution in [0.1, 0.15) is 5.56 Å². The molecule has 1 rings (SSSR count). The third-order valence-electron chi connectivity index (χ3n) is 1.99. The van der Waals surface area contributed by atoms with Crippen molar-refractivity contribution in [3.63, 3.8) is 0 Å². The van der Waals surface area contributed by atoms with Gasteiger partial charge in [0.2, 0.25) is 5.91 Å². The molecule has 1 aromatic rings. The lowest BCUT2D eigenvalue weighted by molar-refractivity contribution is -0.118. The molecule has 4 heteroatoms. The third-order valence-corrected chi connectivity index (χ3v) is 2.85. The topological polar surface area (TPSA) is 41.1 Å². The van der Waals surface area contributed by atoms with E-state index >= 15 is 0 Å². The molecule has 0 aliphatic rings. The van der Waals surface area contributed by atoms with Gasteiger partial charge in [0.15, 0.2) is 0 Å². The van der Waals surface area contributed by atoms with Crippen molar-refractivity contribution in [2.24, 2.45) is 0 Å². The van der Waals surface area contributed by atoms with Crippen molar-refractivity contribution in [1.29, 1.82) is 0 Å². The van der Waals surface area contributed by atoms with E-state index in [2.05, 4.69) is 26.6 Å². The normalized spacial score (nSPS) is 9.64. The highest BCUT2D eigenvalue weighted by atomic mass is 79.9. The van der Waals surface area contributed by atoms with Crippen molar-refractivity contribution < 1.29 is 4.79 Å². The summed E-state index contributed by atoms with van der Waals surface area (Å²) in [5.41, 5.74) is 2.08. The Bertz CT molecular complexity index is 339. The Balaban J connectivity index is 2.68. The maximum Gasteiger partial charge on any atom is 0.239 e. The minimum Gasteiger partial charge on any atom is -0.376 e. The number of likely N-dealkylation sites (N-methyl/N-ethyl adjacent to an activating group) is 1. The van der Waals surface area contributed by atoms with Gasteiger partial charge in [-0.1, -0.05) is 22.0 Å². The summed E-state index contributed by atoms with van der Waals surface area (Å²) in [6, 6.07) is 5.85. The Morgan fingerprint density at radius 1 is 1.50 bits per heavy atom. The summed E-state index contributed by atoms with van der Waals surface area (Å²) < 4.78 is 1.04. The summed E-state index contributed by atoms with van der Waals surface area (Å²) in [6.45, 7) is 2.30. The first-order valence-electron chi connectivity index (χ1n) is 4.34. The average Bonchev–Trinajstić information content (AvgIpc) is 2.20. The van der Waals surface area contributed by atoms with Crippen LogP contribution in [0.15, 0.2) is 22.7 Å². The summed E-state index contributed by atoms with van der Waals surface area (Å²) in [5, 5.41) is 5.62. The zero-order valence-electron chi connectivity index (χ0n) is 8.23. The number of rotatable bonds is 3. The SMILES string of the molecule is CNC(=O)CNc1cccc(Br)c1C. The molecule has 0 spiro atoms. The lowest BCUT2D eigenvalue weighted by atomic mass is 10.2. The van der Waals surface area contributed by atoms with Gasteiger partial charge in [0.1, 0.15) is 0 Å². The third kappa shape index (κ3) is 2.73. The molecule has 0 bridgehead atoms. The van der Waals surface area contributed by atoms with Gasteiger partial charge in [-0.15, -0.1) is 0 Å². The summed E-state index contributed by atoms with van der Waals surface area (Å²) in [4.78, 5) is 11.0. The molecule has 76 valence electrons. The van der Waals surface area contributed by atoms with Crippen LogP contribution in [-0.4, -0.2) is 19.5 Å². The highest BCUT2D eigenvalue weighted by Gasteiger charge is 2.02. The van der Waals surface area contributed by atoms with Crippen LogP contribution in [0.2, 0.25) is 0 Å². The van der Waals surface area contributed by atoms with E-state index in [1.54, 1.807) is 7.05 Å². The minimum absolute atomic E-state index is 0.0237. The predicted octanol–water partition coefficient (Wildman–Crippen LogP) is 1.92. The van der Waals surface area contributed by atoms with Crippen LogP contribution in [0.5, 0.6) is 0 Å². The zero-order chi connectivity index (χ0) is 10.6. The van der Waals surface area contributed by atoms with Crippen molar-refractivity contribution in [2.45, 2.75) is 6.92 Å². The van der Waals surface area contributed by atoms with Crippen LogP contribution in [0, 0.1) is 6.92 Å². The fraction of sp³-hybridized carbons (Fsp3) is 0.300. The zero-order valence-corrected chi connectivity index (χ0v) is 9.81. The summed E-state index contributed by atoms with van der Waals surface area (Å²) in [6.07, 6.45) is 0. The van der Waals surface area contributed by atoms with Crippen molar-refractivity contribution in [2.75, 3.05) is 18.9 Å². The number of amides is 1. The maximum absolute atomic E-state index is 11.0. The van der Waals surface area contributed by atoms with E-state index in [0.29, 0.717) is 6.54 Å². The second kappa shape index (κ2) is 5.00. The highest BCUT2D eigenvalue weighted by molar-refractivity contribution is 9.10. The maximum atomic E-state index is 11.0. The molecule has 3 nitrogen and oxygen atoms in total. The van der Waals surface area contributed by atoms with E-state index in [-0.39, 0.29) is 5.91 Å². The summed E-state index contributed by atoms with van der Waals surface area (Å²) >= 11 is 3.43. The number of anilines is 1. The summed E-state index contributed by atoms with van der Waals surface area (Å²) in [7, 11) is 1.62. The van der Waals surface area contributed by atoms with Crippen LogP contribution in [0.3, 0.4) is 0 Å². The quantitative estimate of drug-likeness (QED) is 0.868. The van der Waals surface area contributed by atoms with Crippen LogP contribution in [-0.2, 0) is 4.79 Å². The average molecular weight is 257 g/mol. The molecule has 0 heterocycles. The molecule has 14 heavy (non-hydrogen) atoms. The number of halogens is 1. The molecule has 0 unspecified atom stereocenters. The van der Waals surface area contributed by atoms with Crippen LogP contribution in [0.25, 0.3) is 0 Å². The summed E-state index contributed by atoms with van der Waals surface area (Å²) in [5.74, 6) is -0.0237. The Morgan fingerprint density at radius 3 is 2.86 bits per heavy atom. The standard InChI is InChI=1S/C10H13BrN2O/c1-7-8(11)4-3-5-9(7)13-6-10(14)12-2/h3-5,13H,6H2,1-2H3,(H,12,14). The Kier molecular flexibility index (Phi) is 3.95. The number of hydrogen-bond acceptors (Lipinski definition) is 2. The van der Waals surface area contributed by atoms with Gasteiger partial charge in [0.05, 0.1) is 6.54 Å². The molecular weight excluding hydrogens is 244 g/mol. The second-order valence-corrected chi connectivity index (χ2v) is 3.79. The number of carbonyl (C=O) groups is 1. The van der Waals surface area contributed by atoms with Crippen molar-refractivity contribution >= 4 is 27.5 Å². The second-order valence-electron chi connectivity index (χ2n) is 2.94. The number of nitrogens with one attached hydrogen (secondary N) is 2. The monoisotopic (exact) mass is 256 g/mol. The largest absolute Gasteiger partial charge is 0.376 e. The van der Waals surface area contributed by atoms with Crippen molar-refractivity contribution in [3.8, 4) is 0 Å². The van der Waals surface area contributed by atoms with E-state index in [1.165, 1.54) is 0 Å². The molecule has 0 aliphatic carbocycles. The number of benzene rings is 1. The molecule has 1 aromatic carbocycles. The first-order valence-corrected chi connectivity index (χ1v) is 5.14. The Labute approximate surface area is 92.0 Å². The predicted molar refractivity (Wildman–Crippen MR) is 61.4 cm³/mol. The molecule has 1 amide bonds. The number of hydrogen-bond donors (Lipinski definition) is 2. The first-order chi connectivity index (χ1) is 6.65. The molecule has 0 radical (unpaired) electrons. The molecule has 0 saturated heterocycles. The van der Waals surface area contributed by atoms with E-state index in [4.69, 9.17) is 0 Å². The highest BCUT2D eigenvalue weighted by Crippen LogP contribution is 2.22. The Hall–Kier alpha value is -1.03. The van der Waals surface area contributed by atoms with Crippen molar-refractivity contribution in [1.82, 2.24) is 5.32 Å². The molecule has 0 aliphatic heterocycles. The van der Waals surface area contributed by atoms with E-state index in [1.807, 2.05) is 25.1 Å². The van der Waals surface area contributed by atoms with Crippen LogP contribution >= 0.6 is 15.9 Å². The fourth-order valence-electron chi connectivity index (χ4n) is 1.06. The molecule has 2 N–H and O–H groups in total. The Morgan fingerprint density at radius 2 is 2.21 bits per heavy atom. The minimum atomic E-state index is -0.0237. The van der Waals surface area contributed by atoms with Gasteiger partial charge in [0, 0.05) is 17.2 Å². The lowest BCUT2D eigenvalue weighted by Crippen LogP contribution is -2.26. The van der Waals surface area contributed by atoms with Crippen molar-refractivity contribution in [3.05, 3.63) is 28.2 Å². The molecule has 0 atom stereocenters. The first kappa shape index (κ1) is 11.0. The fourth-order valence-corrected chi connectivity index (χ4v) is 1.43. The molecule has 0 aromatic heterocycles.